The van der Waals surface area contributed by atoms with Gasteiger partial charge in [-0.1, -0.05) is 98.7 Å². The normalized spacial score (nSPS) is 16.9. The molecular weight excluding hydrogens is 476 g/mol. The maximum absolute atomic E-state index is 13.1. The maximum atomic E-state index is 13.1. The summed E-state index contributed by atoms with van der Waals surface area (Å²) in [6.07, 6.45) is 0.303. The third kappa shape index (κ3) is 6.88. The number of benzene rings is 3. The van der Waals surface area contributed by atoms with Crippen LogP contribution in [0.3, 0.4) is 0 Å². The molecule has 1 heterocycles. The maximum Gasteiger partial charge on any atom is 0.250 e. The number of nitrogens with zero attached hydrogens (tertiary/aromatic N) is 1. The van der Waals surface area contributed by atoms with Gasteiger partial charge in [-0.2, -0.15) is 0 Å². The van der Waals surface area contributed by atoms with Gasteiger partial charge in [0, 0.05) is 19.4 Å². The molecule has 4 rings (SSSR count). The molecule has 3 aromatic carbocycles. The second-order valence-electron chi connectivity index (χ2n) is 10.7. The summed E-state index contributed by atoms with van der Waals surface area (Å²) >= 11 is 0. The minimum absolute atomic E-state index is 0.105. The first-order chi connectivity index (χ1) is 18.3. The molecule has 3 atom stereocenters. The van der Waals surface area contributed by atoms with Crippen LogP contribution in [0.2, 0.25) is 0 Å². The molecular formula is C32H38N2O4. The number of amides is 1. The first-order valence-electron chi connectivity index (χ1n) is 13.3. The largest absolute Gasteiger partial charge is 0.394 e. The van der Waals surface area contributed by atoms with Crippen LogP contribution in [-0.4, -0.2) is 36.0 Å². The van der Waals surface area contributed by atoms with Crippen LogP contribution in [0, 0.1) is 0 Å². The fourth-order valence-electron chi connectivity index (χ4n) is 4.63. The molecule has 0 bridgehead atoms. The molecule has 3 aromatic rings. The molecule has 0 fully saturated rings. The zero-order valence-corrected chi connectivity index (χ0v) is 22.7. The number of aliphatic hydroxyl groups is 1. The number of carbonyl (C=O) groups excluding carboxylic acids is 1. The molecule has 0 aliphatic carbocycles. The molecule has 6 nitrogen and oxygen atoms in total. The van der Waals surface area contributed by atoms with Crippen LogP contribution in [-0.2, 0) is 26.2 Å². The van der Waals surface area contributed by atoms with Crippen molar-refractivity contribution in [3.63, 3.8) is 0 Å². The van der Waals surface area contributed by atoms with Crippen LogP contribution < -0.4 is 5.32 Å². The minimum atomic E-state index is -0.677. The smallest absolute Gasteiger partial charge is 0.250 e. The van der Waals surface area contributed by atoms with Crippen LogP contribution in [0.25, 0.3) is 0 Å². The number of rotatable bonds is 10. The predicted molar refractivity (Wildman–Crippen MR) is 150 cm³/mol. The first kappa shape index (κ1) is 27.6. The van der Waals surface area contributed by atoms with Gasteiger partial charge in [0.05, 0.1) is 18.4 Å². The SMILES string of the molecule is CCO[C@H](Cc1cccc(C2=NOC(c3ccc(C(C)(C)C)cc3)C2)c1)C(=O)N[C@@H](CO)c1ccccc1. The Bertz CT molecular complexity index is 1230. The Balaban J connectivity index is 1.42. The van der Waals surface area contributed by atoms with E-state index < -0.39 is 12.1 Å². The van der Waals surface area contributed by atoms with Crippen molar-refractivity contribution in [3.05, 3.63) is 107 Å². The van der Waals surface area contributed by atoms with Gasteiger partial charge in [0.1, 0.15) is 6.10 Å². The molecule has 0 saturated heterocycles. The molecule has 1 unspecified atom stereocenters. The lowest BCUT2D eigenvalue weighted by Gasteiger charge is -2.22. The summed E-state index contributed by atoms with van der Waals surface area (Å²) in [7, 11) is 0. The molecule has 0 spiro atoms. The Morgan fingerprint density at radius 2 is 1.82 bits per heavy atom. The highest BCUT2D eigenvalue weighted by Crippen LogP contribution is 2.31. The summed E-state index contributed by atoms with van der Waals surface area (Å²) in [5.41, 5.74) is 6.18. The van der Waals surface area contributed by atoms with Crippen molar-refractivity contribution in [3.8, 4) is 0 Å². The number of carbonyl (C=O) groups is 1. The lowest BCUT2D eigenvalue weighted by Crippen LogP contribution is -2.41. The Morgan fingerprint density at radius 3 is 2.47 bits per heavy atom. The number of aliphatic hydroxyl groups excluding tert-OH is 1. The molecule has 0 radical (unpaired) electrons. The topological polar surface area (TPSA) is 80.2 Å². The van der Waals surface area contributed by atoms with Gasteiger partial charge in [-0.25, -0.2) is 0 Å². The summed E-state index contributed by atoms with van der Waals surface area (Å²) in [6, 6.07) is 25.6. The standard InChI is InChI=1S/C32H38N2O4/c1-5-37-30(31(36)33-28(21-35)23-11-7-6-8-12-23)19-22-10-9-13-25(18-22)27-20-29(38-34-27)24-14-16-26(17-15-24)32(2,3)4/h6-18,28-30,35H,5,19-21H2,1-4H3,(H,33,36)/t28-,29?,30+/m0/s1. The Labute approximate surface area is 225 Å². The second kappa shape index (κ2) is 12.4. The van der Waals surface area contributed by atoms with E-state index in [-0.39, 0.29) is 24.0 Å². The van der Waals surface area contributed by atoms with Crippen LogP contribution in [0.1, 0.15) is 74.1 Å². The number of hydrogen-bond acceptors (Lipinski definition) is 5. The Morgan fingerprint density at radius 1 is 1.08 bits per heavy atom. The zero-order valence-electron chi connectivity index (χ0n) is 22.7. The molecule has 200 valence electrons. The number of ether oxygens (including phenoxy) is 1. The van der Waals surface area contributed by atoms with Gasteiger partial charge in [-0.3, -0.25) is 4.79 Å². The van der Waals surface area contributed by atoms with E-state index in [1.165, 1.54) is 5.56 Å². The van der Waals surface area contributed by atoms with Crippen LogP contribution in [0.15, 0.2) is 84.0 Å². The average Bonchev–Trinajstić information content (AvgIpc) is 3.42. The van der Waals surface area contributed by atoms with Crippen molar-refractivity contribution in [1.82, 2.24) is 5.32 Å². The van der Waals surface area contributed by atoms with Gasteiger partial charge in [0.2, 0.25) is 5.91 Å². The Hall–Kier alpha value is -3.48. The number of nitrogens with one attached hydrogen (secondary N) is 1. The molecule has 1 aliphatic rings. The molecule has 0 saturated carbocycles. The molecule has 1 aliphatic heterocycles. The van der Waals surface area contributed by atoms with Crippen LogP contribution in [0.5, 0.6) is 0 Å². The van der Waals surface area contributed by atoms with Gasteiger partial charge in [0.25, 0.3) is 0 Å². The van der Waals surface area contributed by atoms with Gasteiger partial charge in [0.15, 0.2) is 6.10 Å². The van der Waals surface area contributed by atoms with E-state index in [1.807, 2.05) is 61.5 Å². The van der Waals surface area contributed by atoms with Crippen molar-refractivity contribution in [2.45, 2.75) is 64.2 Å². The van der Waals surface area contributed by atoms with Crippen LogP contribution >= 0.6 is 0 Å². The summed E-state index contributed by atoms with van der Waals surface area (Å²) in [5.74, 6) is -0.250. The predicted octanol–water partition coefficient (Wildman–Crippen LogP) is 5.65. The number of hydrogen-bond donors (Lipinski definition) is 2. The van der Waals surface area contributed by atoms with Gasteiger partial charge < -0.3 is 20.0 Å². The van der Waals surface area contributed by atoms with E-state index in [1.54, 1.807) is 0 Å². The highest BCUT2D eigenvalue weighted by molar-refractivity contribution is 6.01. The van der Waals surface area contributed by atoms with E-state index in [4.69, 9.17) is 9.57 Å². The van der Waals surface area contributed by atoms with E-state index in [2.05, 4.69) is 55.5 Å². The second-order valence-corrected chi connectivity index (χ2v) is 10.7. The van der Waals surface area contributed by atoms with Crippen molar-refractivity contribution in [2.75, 3.05) is 13.2 Å². The highest BCUT2D eigenvalue weighted by atomic mass is 16.6. The van der Waals surface area contributed by atoms with E-state index >= 15 is 0 Å². The molecule has 6 heteroatoms. The highest BCUT2D eigenvalue weighted by Gasteiger charge is 2.26. The van der Waals surface area contributed by atoms with Crippen molar-refractivity contribution >= 4 is 11.6 Å². The third-order valence-electron chi connectivity index (χ3n) is 6.86. The molecule has 0 aromatic heterocycles. The summed E-state index contributed by atoms with van der Waals surface area (Å²) in [4.78, 5) is 18.9. The average molecular weight is 515 g/mol. The lowest BCUT2D eigenvalue weighted by molar-refractivity contribution is -0.133. The summed E-state index contributed by atoms with van der Waals surface area (Å²) in [6.45, 7) is 8.70. The summed E-state index contributed by atoms with van der Waals surface area (Å²) in [5, 5.41) is 17.2. The molecule has 1 amide bonds. The first-order valence-corrected chi connectivity index (χ1v) is 13.3. The van der Waals surface area contributed by atoms with Gasteiger partial charge in [-0.05, 0) is 46.2 Å². The van der Waals surface area contributed by atoms with Gasteiger partial charge >= 0.3 is 0 Å². The zero-order chi connectivity index (χ0) is 27.1. The van der Waals surface area contributed by atoms with Crippen molar-refractivity contribution in [1.29, 1.82) is 0 Å². The van der Waals surface area contributed by atoms with E-state index in [0.717, 1.165) is 28.0 Å². The molecule has 2 N–H and O–H groups in total. The van der Waals surface area contributed by atoms with Crippen LogP contribution in [0.4, 0.5) is 0 Å². The fraction of sp³-hybridized carbons (Fsp3) is 0.375. The Kier molecular flexibility index (Phi) is 8.97. The molecule has 38 heavy (non-hydrogen) atoms. The number of oxime groups is 1. The van der Waals surface area contributed by atoms with Gasteiger partial charge in [-0.15, -0.1) is 0 Å². The van der Waals surface area contributed by atoms with E-state index in [0.29, 0.717) is 19.4 Å². The van der Waals surface area contributed by atoms with Crippen molar-refractivity contribution < 1.29 is 19.5 Å². The van der Waals surface area contributed by atoms with Crippen molar-refractivity contribution in [2.24, 2.45) is 5.16 Å². The van der Waals surface area contributed by atoms with E-state index in [9.17, 15) is 9.90 Å². The fourth-order valence-corrected chi connectivity index (χ4v) is 4.63. The lowest BCUT2D eigenvalue weighted by atomic mass is 9.86. The third-order valence-corrected chi connectivity index (χ3v) is 6.86. The quantitative estimate of drug-likeness (QED) is 0.367. The monoisotopic (exact) mass is 514 g/mol. The minimum Gasteiger partial charge on any atom is -0.394 e. The summed E-state index contributed by atoms with van der Waals surface area (Å²) < 4.78 is 5.81.